The van der Waals surface area contributed by atoms with Gasteiger partial charge in [0.2, 0.25) is 0 Å². The van der Waals surface area contributed by atoms with Gasteiger partial charge in [0.15, 0.2) is 0 Å². The summed E-state index contributed by atoms with van der Waals surface area (Å²) in [6, 6.07) is 0. The zero-order valence-corrected chi connectivity index (χ0v) is 8.97. The molecular weight excluding hydrogens is 209 g/mol. The summed E-state index contributed by atoms with van der Waals surface area (Å²) in [6.45, 7) is 4.64. The molecule has 0 fully saturated rings. The summed E-state index contributed by atoms with van der Waals surface area (Å²) < 4.78 is 40.1. The van der Waals surface area contributed by atoms with Gasteiger partial charge in [0.25, 0.3) is 0 Å². The number of nitrogens with zero attached hydrogens (tertiary/aromatic N) is 1. The van der Waals surface area contributed by atoms with Gasteiger partial charge in [0.1, 0.15) is 6.54 Å². The van der Waals surface area contributed by atoms with Gasteiger partial charge in [-0.15, -0.1) is 0 Å². The molecule has 0 saturated heterocycles. The van der Waals surface area contributed by atoms with Crippen LogP contribution in [0.1, 0.15) is 13.3 Å². The smallest absolute Gasteiger partial charge is 0.418 e. The predicted octanol–water partition coefficient (Wildman–Crippen LogP) is 3.23. The normalized spacial score (nSPS) is 24.7. The molecule has 0 spiro atoms. The van der Waals surface area contributed by atoms with Crippen molar-refractivity contribution < 1.29 is 21.7 Å². The van der Waals surface area contributed by atoms with E-state index in [0.717, 1.165) is 11.0 Å². The highest BCUT2D eigenvalue weighted by atomic mass is 19.5. The highest BCUT2D eigenvalue weighted by Crippen LogP contribution is 2.09. The molecule has 15 heavy (non-hydrogen) atoms. The first kappa shape index (κ1) is 14.2. The van der Waals surface area contributed by atoms with Gasteiger partial charge in [-0.1, -0.05) is 13.0 Å². The number of halogens is 4. The lowest BCUT2D eigenvalue weighted by molar-refractivity contribution is -0.854. The first-order valence-corrected chi connectivity index (χ1v) is 4.83. The van der Waals surface area contributed by atoms with E-state index in [1.54, 1.807) is 0 Å². The Morgan fingerprint density at radius 1 is 1.20 bits per heavy atom. The van der Waals surface area contributed by atoms with E-state index < -0.39 is 7.25 Å². The van der Waals surface area contributed by atoms with Gasteiger partial charge in [0.05, 0.1) is 19.8 Å². The molecule has 1 atom stereocenters. The van der Waals surface area contributed by atoms with Gasteiger partial charge in [-0.25, -0.2) is 0 Å². The summed E-state index contributed by atoms with van der Waals surface area (Å²) >= 11 is 0. The summed E-state index contributed by atoms with van der Waals surface area (Å²) in [5.74, 6) is 0. The fourth-order valence-electron chi connectivity index (χ4n) is 1.38. The van der Waals surface area contributed by atoms with Gasteiger partial charge in [-0.05, 0) is 18.6 Å². The van der Waals surface area contributed by atoms with Gasteiger partial charge >= 0.3 is 7.25 Å². The lowest BCUT2D eigenvalue weighted by Crippen LogP contribution is -2.39. The first-order valence-electron chi connectivity index (χ1n) is 4.83. The third-order valence-corrected chi connectivity index (χ3v) is 1.95. The standard InChI is InChI=1S/C9H16N.BF4/c1-3-7-10(2)8-5-4-6-9-10;2-1(3,4)5/h4-6,8H,3,7,9H2,1-2H3;/q+1;-1. The van der Waals surface area contributed by atoms with Gasteiger partial charge in [0, 0.05) is 0 Å². The molecule has 1 heterocycles. The van der Waals surface area contributed by atoms with Crippen LogP contribution in [0.3, 0.4) is 0 Å². The fraction of sp³-hybridized carbons (Fsp3) is 0.556. The van der Waals surface area contributed by atoms with Crippen LogP contribution in [-0.4, -0.2) is 31.9 Å². The quantitative estimate of drug-likeness (QED) is 0.384. The Morgan fingerprint density at radius 3 is 2.07 bits per heavy atom. The van der Waals surface area contributed by atoms with Crippen molar-refractivity contribution in [1.29, 1.82) is 0 Å². The van der Waals surface area contributed by atoms with E-state index in [9.17, 15) is 17.3 Å². The topological polar surface area (TPSA) is 0 Å². The van der Waals surface area contributed by atoms with E-state index in [-0.39, 0.29) is 0 Å². The minimum Gasteiger partial charge on any atom is -0.418 e. The Hall–Kier alpha value is -0.775. The van der Waals surface area contributed by atoms with Crippen molar-refractivity contribution in [3.05, 3.63) is 24.4 Å². The number of rotatable bonds is 2. The molecule has 0 saturated carbocycles. The molecule has 0 bridgehead atoms. The van der Waals surface area contributed by atoms with E-state index in [1.165, 1.54) is 13.0 Å². The second-order valence-corrected chi connectivity index (χ2v) is 3.65. The second kappa shape index (κ2) is 5.95. The summed E-state index contributed by atoms with van der Waals surface area (Å²) in [6.07, 6.45) is 10.0. The zero-order chi connectivity index (χ0) is 11.9. The van der Waals surface area contributed by atoms with E-state index in [1.807, 2.05) is 0 Å². The Labute approximate surface area is 87.8 Å². The maximum atomic E-state index is 9.75. The van der Waals surface area contributed by atoms with Crippen LogP contribution in [0.5, 0.6) is 0 Å². The molecule has 6 heteroatoms. The number of hydrogen-bond donors (Lipinski definition) is 0. The Kier molecular flexibility index (Phi) is 5.64. The monoisotopic (exact) mass is 225 g/mol. The van der Waals surface area contributed by atoms with Crippen LogP contribution in [0.15, 0.2) is 24.4 Å². The van der Waals surface area contributed by atoms with Crippen molar-refractivity contribution in [3.63, 3.8) is 0 Å². The van der Waals surface area contributed by atoms with Crippen LogP contribution >= 0.6 is 0 Å². The van der Waals surface area contributed by atoms with Crippen LogP contribution in [0.2, 0.25) is 0 Å². The van der Waals surface area contributed by atoms with Crippen LogP contribution in [0.4, 0.5) is 17.3 Å². The highest BCUT2D eigenvalue weighted by Gasteiger charge is 2.20. The average Bonchev–Trinajstić information content (AvgIpc) is 2.02. The molecule has 1 aliphatic heterocycles. The molecule has 0 aromatic heterocycles. The molecule has 0 aromatic carbocycles. The molecule has 0 aliphatic carbocycles. The van der Waals surface area contributed by atoms with Gasteiger partial charge < -0.3 is 17.3 Å². The number of likely N-dealkylation sites (N-methyl/N-ethyl adjacent to an activating group) is 1. The predicted molar refractivity (Wildman–Crippen MR) is 54.7 cm³/mol. The fourth-order valence-corrected chi connectivity index (χ4v) is 1.38. The van der Waals surface area contributed by atoms with Gasteiger partial charge in [-0.2, -0.15) is 0 Å². The summed E-state index contributed by atoms with van der Waals surface area (Å²) in [7, 11) is -3.73. The van der Waals surface area contributed by atoms with Crippen molar-refractivity contribution in [2.24, 2.45) is 0 Å². The Morgan fingerprint density at radius 2 is 1.73 bits per heavy atom. The number of quaternary nitrogens is 1. The largest absolute Gasteiger partial charge is 0.673 e. The van der Waals surface area contributed by atoms with E-state index in [4.69, 9.17) is 0 Å². The van der Waals surface area contributed by atoms with E-state index in [0.29, 0.717) is 0 Å². The van der Waals surface area contributed by atoms with Crippen LogP contribution in [0, 0.1) is 0 Å². The molecule has 1 rings (SSSR count). The summed E-state index contributed by atoms with van der Waals surface area (Å²) in [4.78, 5) is 0. The molecule has 0 amide bonds. The average molecular weight is 225 g/mol. The molecule has 88 valence electrons. The summed E-state index contributed by atoms with van der Waals surface area (Å²) in [5, 5.41) is 0. The van der Waals surface area contributed by atoms with Crippen molar-refractivity contribution in [1.82, 2.24) is 0 Å². The highest BCUT2D eigenvalue weighted by molar-refractivity contribution is 6.50. The van der Waals surface area contributed by atoms with Crippen molar-refractivity contribution in [3.8, 4) is 0 Å². The minimum atomic E-state index is -6.00. The minimum absolute atomic E-state index is 1.08. The lowest BCUT2D eigenvalue weighted by Gasteiger charge is -2.29. The molecular formula is C9H16BF4N. The molecule has 0 N–H and O–H groups in total. The van der Waals surface area contributed by atoms with Crippen LogP contribution in [-0.2, 0) is 0 Å². The van der Waals surface area contributed by atoms with Crippen molar-refractivity contribution in [2.75, 3.05) is 20.1 Å². The third-order valence-electron chi connectivity index (χ3n) is 1.95. The van der Waals surface area contributed by atoms with Crippen molar-refractivity contribution in [2.45, 2.75) is 13.3 Å². The lowest BCUT2D eigenvalue weighted by atomic mass is 10.3. The zero-order valence-electron chi connectivity index (χ0n) is 8.97. The first-order chi connectivity index (χ1) is 6.77. The molecule has 1 aliphatic rings. The number of allylic oxidation sites excluding steroid dienone is 2. The van der Waals surface area contributed by atoms with Crippen molar-refractivity contribution >= 4 is 7.25 Å². The Balaban J connectivity index is 0.000000336. The number of hydrogen-bond acceptors (Lipinski definition) is 0. The third kappa shape index (κ3) is 9.53. The molecule has 0 radical (unpaired) electrons. The maximum absolute atomic E-state index is 9.75. The molecule has 1 nitrogen and oxygen atoms in total. The Bertz CT molecular complexity index is 231. The summed E-state index contributed by atoms with van der Waals surface area (Å²) in [5.41, 5.74) is 0. The van der Waals surface area contributed by atoms with E-state index >= 15 is 0 Å². The van der Waals surface area contributed by atoms with Gasteiger partial charge in [-0.3, -0.25) is 4.48 Å². The SMILES string of the molecule is CCC[N+]1(C)C=CC=CC1.F[B-](F)(F)F. The van der Waals surface area contributed by atoms with E-state index in [2.05, 4.69) is 38.4 Å². The van der Waals surface area contributed by atoms with Crippen LogP contribution in [0.25, 0.3) is 0 Å². The molecule has 0 aromatic rings. The maximum Gasteiger partial charge on any atom is 0.673 e. The van der Waals surface area contributed by atoms with Crippen LogP contribution < -0.4 is 0 Å². The second-order valence-electron chi connectivity index (χ2n) is 3.65. The molecule has 1 unspecified atom stereocenters.